The Labute approximate surface area is 448 Å². The van der Waals surface area contributed by atoms with Gasteiger partial charge in [0, 0.05) is 112 Å². The van der Waals surface area contributed by atoms with Crippen LogP contribution in [0.25, 0.3) is 0 Å². The fourth-order valence-electron chi connectivity index (χ4n) is 9.38. The standard InChI is InChI=1S/4C8H14O2.3C7H12O2.C6H10O2/c9-5-7-1-2-8(6-10)4-3-7;9-5-7-3-1-2-4-8(7)6-10;2*9-6-8(7-10)4-2-1-3-5-8;8-4-6-1-2-7(3-6)5-9;8-4-6-2-1-3-7(6)5-9;8-5-7(6-9)3-1-2-4-7;7-3-5-1-2-6(5)4-8/h2*1-2,7-10H,3-6H2;2,4,9-10H,1,3,5-7H2;1-2,9-10H,3-7H2;2*1-2,6-9H,3-5H2;1-2,8-9H,3-6H2;1-2,5-8H,3-4H2. The van der Waals surface area contributed by atoms with Crippen LogP contribution in [0.15, 0.2) is 97.2 Å². The average Bonchev–Trinajstić information content (AvgIpc) is 4.29. The molecular weight excluding hydrogens is 965 g/mol. The molecule has 0 aromatic heterocycles. The van der Waals surface area contributed by atoms with Crippen LogP contribution in [0.4, 0.5) is 0 Å². The summed E-state index contributed by atoms with van der Waals surface area (Å²) < 4.78 is 0. The number of hydrogen-bond acceptors (Lipinski definition) is 16. The molecule has 0 spiro atoms. The summed E-state index contributed by atoms with van der Waals surface area (Å²) in [6, 6.07) is 0. The van der Waals surface area contributed by atoms with Crippen LogP contribution in [-0.4, -0.2) is 187 Å². The van der Waals surface area contributed by atoms with E-state index < -0.39 is 0 Å². The van der Waals surface area contributed by atoms with E-state index in [-0.39, 0.29) is 157 Å². The highest BCUT2D eigenvalue weighted by Crippen LogP contribution is 2.33. The van der Waals surface area contributed by atoms with E-state index in [1.807, 2.05) is 79.0 Å². The van der Waals surface area contributed by atoms with Crippen LogP contribution in [0.3, 0.4) is 0 Å². The van der Waals surface area contributed by atoms with Gasteiger partial charge in [-0.2, -0.15) is 0 Å². The molecule has 0 amide bonds. The number of aliphatic hydroxyl groups is 16. The molecule has 75 heavy (non-hydrogen) atoms. The first-order valence-electron chi connectivity index (χ1n) is 27.4. The normalized spacial score (nSPS) is 29.3. The van der Waals surface area contributed by atoms with E-state index in [1.165, 1.54) is 0 Å². The molecule has 0 aliphatic heterocycles. The zero-order valence-electron chi connectivity index (χ0n) is 44.9. The third kappa shape index (κ3) is 26.7. The number of aliphatic hydroxyl groups excluding tert-OH is 16. The molecule has 0 radical (unpaired) electrons. The average molecular weight is 1070 g/mol. The van der Waals surface area contributed by atoms with E-state index in [0.717, 1.165) is 89.9 Å². The first-order chi connectivity index (χ1) is 36.4. The van der Waals surface area contributed by atoms with Gasteiger partial charge in [0.1, 0.15) is 0 Å². The highest BCUT2D eigenvalue weighted by Gasteiger charge is 2.30. The Kier molecular flexibility index (Phi) is 39.6. The van der Waals surface area contributed by atoms with E-state index in [0.29, 0.717) is 23.7 Å². The summed E-state index contributed by atoms with van der Waals surface area (Å²) in [7, 11) is 0. The zero-order chi connectivity index (χ0) is 55.8. The second-order valence-corrected chi connectivity index (χ2v) is 21.4. The Morgan fingerprint density at radius 1 is 0.320 bits per heavy atom. The number of rotatable bonds is 16. The van der Waals surface area contributed by atoms with Gasteiger partial charge in [0.05, 0.1) is 39.6 Å². The Morgan fingerprint density at radius 2 is 0.747 bits per heavy atom. The van der Waals surface area contributed by atoms with E-state index in [9.17, 15) is 0 Å². The molecule has 0 saturated heterocycles. The Hall–Kier alpha value is -2.72. The van der Waals surface area contributed by atoms with Crippen LogP contribution >= 0.6 is 0 Å². The second kappa shape index (κ2) is 42.3. The van der Waals surface area contributed by atoms with E-state index >= 15 is 0 Å². The van der Waals surface area contributed by atoms with Crippen LogP contribution < -0.4 is 0 Å². The van der Waals surface area contributed by atoms with Gasteiger partial charge < -0.3 is 81.7 Å². The molecule has 0 bridgehead atoms. The van der Waals surface area contributed by atoms with Gasteiger partial charge in [-0.15, -0.1) is 0 Å². The van der Waals surface area contributed by atoms with Crippen LogP contribution in [0.1, 0.15) is 89.9 Å². The van der Waals surface area contributed by atoms with Crippen molar-refractivity contribution < 1.29 is 81.7 Å². The van der Waals surface area contributed by atoms with E-state index in [2.05, 4.69) is 18.2 Å². The molecule has 16 nitrogen and oxygen atoms in total. The molecule has 16 N–H and O–H groups in total. The molecule has 0 saturated carbocycles. The summed E-state index contributed by atoms with van der Waals surface area (Å²) in [6.07, 6.45) is 45.2. The van der Waals surface area contributed by atoms with Gasteiger partial charge >= 0.3 is 0 Å². The summed E-state index contributed by atoms with van der Waals surface area (Å²) in [5.41, 5.74) is -0.743. The number of hydrogen-bond donors (Lipinski definition) is 16. The van der Waals surface area contributed by atoms with Crippen LogP contribution in [0.2, 0.25) is 0 Å². The largest absolute Gasteiger partial charge is 0.396 e. The summed E-state index contributed by atoms with van der Waals surface area (Å²) in [4.78, 5) is 0. The predicted octanol–water partition coefficient (Wildman–Crippen LogP) is 2.91. The monoisotopic (exact) mass is 1070 g/mol. The minimum absolute atomic E-state index is 0.0694. The Balaban J connectivity index is 0.000000429. The Bertz CT molecular complexity index is 1570. The van der Waals surface area contributed by atoms with Gasteiger partial charge in [-0.05, 0) is 119 Å². The van der Waals surface area contributed by atoms with Gasteiger partial charge in [-0.25, -0.2) is 0 Å². The maximum atomic E-state index is 8.95. The first kappa shape index (κ1) is 70.3. The van der Waals surface area contributed by atoms with Crippen molar-refractivity contribution in [1.29, 1.82) is 0 Å². The van der Waals surface area contributed by atoms with Crippen molar-refractivity contribution >= 4 is 0 Å². The van der Waals surface area contributed by atoms with Crippen molar-refractivity contribution in [3.05, 3.63) is 97.2 Å². The van der Waals surface area contributed by atoms with Crippen molar-refractivity contribution in [3.63, 3.8) is 0 Å². The lowest BCUT2D eigenvalue weighted by Gasteiger charge is -2.30. The lowest BCUT2D eigenvalue weighted by Crippen LogP contribution is -2.30. The minimum Gasteiger partial charge on any atom is -0.396 e. The van der Waals surface area contributed by atoms with E-state index in [4.69, 9.17) is 81.7 Å². The Morgan fingerprint density at radius 3 is 1.01 bits per heavy atom. The SMILES string of the molecule is OCC1(CO)C=CCCC1.OCC1(CO)CC=CC1.OCC1(CO)CC=CCC1.OCC1C=CC(CO)C1.OCC1C=CC(CO)CC1.OCC1C=CC1CO.OCC1C=CCC1CO.OCC1CC=CCC1CO. The summed E-state index contributed by atoms with van der Waals surface area (Å²) in [5, 5.41) is 140. The van der Waals surface area contributed by atoms with Crippen molar-refractivity contribution in [2.45, 2.75) is 89.9 Å². The molecule has 8 aliphatic rings. The molecule has 434 valence electrons. The van der Waals surface area contributed by atoms with E-state index in [1.54, 1.807) is 0 Å². The molecule has 0 heterocycles. The summed E-state index contributed by atoms with van der Waals surface area (Å²) in [5.74, 6) is 2.75. The molecule has 8 aliphatic carbocycles. The molecule has 10 atom stereocenters. The van der Waals surface area contributed by atoms with Crippen molar-refractivity contribution in [2.24, 2.45) is 75.4 Å². The fourth-order valence-corrected chi connectivity index (χ4v) is 9.38. The maximum absolute atomic E-state index is 8.95. The zero-order valence-corrected chi connectivity index (χ0v) is 44.9. The minimum atomic E-state index is -0.307. The van der Waals surface area contributed by atoms with Gasteiger partial charge in [-0.3, -0.25) is 0 Å². The molecule has 16 heteroatoms. The quantitative estimate of drug-likeness (QED) is 0.0989. The topological polar surface area (TPSA) is 324 Å². The molecule has 10 unspecified atom stereocenters. The maximum Gasteiger partial charge on any atom is 0.0544 e. The first-order valence-corrected chi connectivity index (χ1v) is 27.4. The molecule has 0 aromatic carbocycles. The van der Waals surface area contributed by atoms with Crippen LogP contribution in [0, 0.1) is 75.4 Å². The summed E-state index contributed by atoms with van der Waals surface area (Å²) >= 11 is 0. The molecule has 0 fully saturated rings. The van der Waals surface area contributed by atoms with Gasteiger partial charge in [-0.1, -0.05) is 97.2 Å². The third-order valence-electron chi connectivity index (χ3n) is 15.7. The molecule has 8 rings (SSSR count). The van der Waals surface area contributed by atoms with Gasteiger partial charge in [0.25, 0.3) is 0 Å². The van der Waals surface area contributed by atoms with Crippen molar-refractivity contribution in [1.82, 2.24) is 0 Å². The third-order valence-corrected chi connectivity index (χ3v) is 15.7. The molecule has 0 aromatic rings. The second-order valence-electron chi connectivity index (χ2n) is 21.4. The van der Waals surface area contributed by atoms with Crippen molar-refractivity contribution in [3.8, 4) is 0 Å². The van der Waals surface area contributed by atoms with Crippen LogP contribution in [-0.2, 0) is 0 Å². The predicted molar refractivity (Wildman–Crippen MR) is 293 cm³/mol. The number of allylic oxidation sites excluding steroid dienone is 8. The van der Waals surface area contributed by atoms with Gasteiger partial charge in [0.15, 0.2) is 0 Å². The smallest absolute Gasteiger partial charge is 0.0544 e. The van der Waals surface area contributed by atoms with Gasteiger partial charge in [0.2, 0.25) is 0 Å². The fraction of sp³-hybridized carbons (Fsp3) is 0.729. The lowest BCUT2D eigenvalue weighted by atomic mass is 9.79. The van der Waals surface area contributed by atoms with Crippen molar-refractivity contribution in [2.75, 3.05) is 106 Å². The highest BCUT2D eigenvalue weighted by molar-refractivity contribution is 5.09. The lowest BCUT2D eigenvalue weighted by molar-refractivity contribution is 0.0471. The highest BCUT2D eigenvalue weighted by atomic mass is 16.3. The molecular formula is C59H102O16. The summed E-state index contributed by atoms with van der Waals surface area (Å²) in [6.45, 7) is 2.56. The van der Waals surface area contributed by atoms with Crippen LogP contribution in [0.5, 0.6) is 0 Å².